The van der Waals surface area contributed by atoms with Crippen molar-refractivity contribution in [1.29, 1.82) is 0 Å². The Kier molecular flexibility index (Phi) is 7.37. The molecule has 3 rings (SSSR count). The zero-order valence-corrected chi connectivity index (χ0v) is 18.8. The van der Waals surface area contributed by atoms with E-state index >= 15 is 0 Å². The van der Waals surface area contributed by atoms with E-state index in [1.165, 1.54) is 0 Å². The van der Waals surface area contributed by atoms with Gasteiger partial charge in [0.05, 0.1) is 25.7 Å². The van der Waals surface area contributed by atoms with Crippen LogP contribution in [0.1, 0.15) is 64.0 Å². The Bertz CT molecular complexity index is 861. The summed E-state index contributed by atoms with van der Waals surface area (Å²) in [5, 5.41) is 5.58. The summed E-state index contributed by atoms with van der Waals surface area (Å²) in [5.74, 6) is -0.699. The topological polar surface area (TPSA) is 114 Å². The van der Waals surface area contributed by atoms with Crippen LogP contribution in [0.15, 0.2) is 24.3 Å². The van der Waals surface area contributed by atoms with Gasteiger partial charge in [-0.25, -0.2) is 4.79 Å². The van der Waals surface area contributed by atoms with Crippen LogP contribution in [0.4, 0.5) is 4.79 Å². The summed E-state index contributed by atoms with van der Waals surface area (Å²) in [6.07, 6.45) is 3.57. The van der Waals surface area contributed by atoms with Crippen LogP contribution in [0.5, 0.6) is 5.75 Å². The molecule has 1 aromatic carbocycles. The second-order valence-corrected chi connectivity index (χ2v) is 8.60. The van der Waals surface area contributed by atoms with Crippen molar-refractivity contribution in [2.24, 2.45) is 0 Å². The molecule has 4 amide bonds. The predicted octanol–water partition coefficient (Wildman–Crippen LogP) is 2.45. The van der Waals surface area contributed by atoms with E-state index in [0.717, 1.165) is 24.2 Å². The van der Waals surface area contributed by atoms with Crippen molar-refractivity contribution < 1.29 is 28.7 Å². The highest BCUT2D eigenvalue weighted by Gasteiger charge is 2.51. The smallest absolute Gasteiger partial charge is 0.325 e. The van der Waals surface area contributed by atoms with Gasteiger partial charge in [-0.3, -0.25) is 19.3 Å². The number of hydrogen-bond acceptors (Lipinski definition) is 6. The van der Waals surface area contributed by atoms with E-state index in [1.807, 2.05) is 0 Å². The van der Waals surface area contributed by atoms with Crippen LogP contribution in [-0.4, -0.2) is 54.0 Å². The van der Waals surface area contributed by atoms with E-state index in [4.69, 9.17) is 9.47 Å². The quantitative estimate of drug-likeness (QED) is 0.469. The van der Waals surface area contributed by atoms with Gasteiger partial charge in [-0.2, -0.15) is 0 Å². The van der Waals surface area contributed by atoms with Crippen molar-refractivity contribution >= 4 is 23.8 Å². The molecule has 0 radical (unpaired) electrons. The van der Waals surface area contributed by atoms with Crippen LogP contribution in [-0.2, 0) is 19.1 Å². The van der Waals surface area contributed by atoms with Crippen molar-refractivity contribution in [1.82, 2.24) is 15.5 Å². The maximum absolute atomic E-state index is 12.9. The van der Waals surface area contributed by atoms with Crippen LogP contribution in [0.25, 0.3) is 0 Å². The van der Waals surface area contributed by atoms with Gasteiger partial charge < -0.3 is 20.1 Å². The number of benzene rings is 1. The first-order valence-corrected chi connectivity index (χ1v) is 11.0. The molecule has 32 heavy (non-hydrogen) atoms. The molecule has 1 aliphatic carbocycles. The van der Waals surface area contributed by atoms with Crippen LogP contribution in [0.2, 0.25) is 0 Å². The molecule has 2 fully saturated rings. The SMILES string of the molecule is COc1ccc([C@H](CC(=O)OC(C)C)NC(=O)CN2C(=O)NC3(CCCCC3)C2=O)cc1. The van der Waals surface area contributed by atoms with Gasteiger partial charge >= 0.3 is 12.0 Å². The third-order valence-electron chi connectivity index (χ3n) is 5.85. The summed E-state index contributed by atoms with van der Waals surface area (Å²) >= 11 is 0. The molecule has 1 aliphatic heterocycles. The Hall–Kier alpha value is -3.10. The molecule has 1 saturated carbocycles. The van der Waals surface area contributed by atoms with E-state index in [9.17, 15) is 19.2 Å². The molecular formula is C23H31N3O6. The van der Waals surface area contributed by atoms with Gasteiger partial charge in [0.25, 0.3) is 5.91 Å². The summed E-state index contributed by atoms with van der Waals surface area (Å²) in [6.45, 7) is 3.09. The van der Waals surface area contributed by atoms with Crippen molar-refractivity contribution in [3.63, 3.8) is 0 Å². The first-order valence-electron chi connectivity index (χ1n) is 11.0. The number of hydrogen-bond donors (Lipinski definition) is 2. The second kappa shape index (κ2) is 10.0. The molecule has 1 aromatic rings. The number of methoxy groups -OCH3 is 1. The lowest BCUT2D eigenvalue weighted by atomic mass is 9.82. The summed E-state index contributed by atoms with van der Waals surface area (Å²) in [4.78, 5) is 51.4. The maximum Gasteiger partial charge on any atom is 0.325 e. The maximum atomic E-state index is 12.9. The van der Waals surface area contributed by atoms with E-state index in [2.05, 4.69) is 10.6 Å². The van der Waals surface area contributed by atoms with Gasteiger partial charge in [-0.15, -0.1) is 0 Å². The molecule has 0 unspecified atom stereocenters. The molecule has 1 saturated heterocycles. The average molecular weight is 446 g/mol. The van der Waals surface area contributed by atoms with Gasteiger partial charge in [0.2, 0.25) is 5.91 Å². The summed E-state index contributed by atoms with van der Waals surface area (Å²) in [5.41, 5.74) is -0.202. The van der Waals surface area contributed by atoms with E-state index in [1.54, 1.807) is 45.2 Å². The van der Waals surface area contributed by atoms with E-state index in [0.29, 0.717) is 24.2 Å². The first-order chi connectivity index (χ1) is 15.2. The molecule has 1 heterocycles. The summed E-state index contributed by atoms with van der Waals surface area (Å²) in [6, 6.07) is 5.73. The summed E-state index contributed by atoms with van der Waals surface area (Å²) < 4.78 is 10.4. The Labute approximate surface area is 187 Å². The van der Waals surface area contributed by atoms with Crippen molar-refractivity contribution in [3.05, 3.63) is 29.8 Å². The Morgan fingerprint density at radius 2 is 1.78 bits per heavy atom. The number of carbonyl (C=O) groups is 4. The number of esters is 1. The third-order valence-corrected chi connectivity index (χ3v) is 5.85. The van der Waals surface area contributed by atoms with E-state index in [-0.39, 0.29) is 18.4 Å². The van der Waals surface area contributed by atoms with Gasteiger partial charge in [0.15, 0.2) is 0 Å². The number of rotatable bonds is 8. The molecule has 1 spiro atoms. The Morgan fingerprint density at radius 1 is 1.12 bits per heavy atom. The highest BCUT2D eigenvalue weighted by atomic mass is 16.5. The first kappa shape index (κ1) is 23.6. The van der Waals surface area contributed by atoms with Crippen LogP contribution in [0.3, 0.4) is 0 Å². The zero-order valence-electron chi connectivity index (χ0n) is 18.8. The monoisotopic (exact) mass is 445 g/mol. The lowest BCUT2D eigenvalue weighted by molar-refractivity contribution is -0.148. The number of imide groups is 1. The average Bonchev–Trinajstić information content (AvgIpc) is 2.97. The Balaban J connectivity index is 1.70. The lowest BCUT2D eigenvalue weighted by Gasteiger charge is -2.30. The van der Waals surface area contributed by atoms with Gasteiger partial charge in [0.1, 0.15) is 17.8 Å². The fourth-order valence-electron chi connectivity index (χ4n) is 4.26. The molecule has 9 heteroatoms. The molecule has 174 valence electrons. The molecule has 2 aliphatic rings. The zero-order chi connectivity index (χ0) is 23.3. The number of urea groups is 1. The number of nitrogens with one attached hydrogen (secondary N) is 2. The van der Waals surface area contributed by atoms with Crippen LogP contribution < -0.4 is 15.4 Å². The van der Waals surface area contributed by atoms with Gasteiger partial charge in [-0.1, -0.05) is 31.4 Å². The number of carbonyl (C=O) groups excluding carboxylic acids is 4. The fraction of sp³-hybridized carbons (Fsp3) is 0.565. The van der Waals surface area contributed by atoms with Crippen molar-refractivity contribution in [2.45, 2.75) is 70.1 Å². The predicted molar refractivity (Wildman–Crippen MR) is 116 cm³/mol. The molecule has 2 N–H and O–H groups in total. The highest BCUT2D eigenvalue weighted by Crippen LogP contribution is 2.33. The molecule has 9 nitrogen and oxygen atoms in total. The molecule has 0 aromatic heterocycles. The number of nitrogens with zero attached hydrogens (tertiary/aromatic N) is 1. The standard InChI is InChI=1S/C23H31N3O6/c1-15(2)32-20(28)13-18(16-7-9-17(31-3)10-8-16)24-19(27)14-26-21(29)23(25-22(26)30)11-5-4-6-12-23/h7-10,15,18H,4-6,11-14H2,1-3H3,(H,24,27)(H,25,30)/t18-/m0/s1. The summed E-state index contributed by atoms with van der Waals surface area (Å²) in [7, 11) is 1.55. The molecule has 1 atom stereocenters. The minimum absolute atomic E-state index is 0.0830. The number of amides is 4. The van der Waals surface area contributed by atoms with Crippen LogP contribution in [0, 0.1) is 0 Å². The van der Waals surface area contributed by atoms with Gasteiger partial charge in [-0.05, 0) is 44.4 Å². The van der Waals surface area contributed by atoms with E-state index < -0.39 is 36.0 Å². The normalized spacial score (nSPS) is 18.4. The minimum Gasteiger partial charge on any atom is -0.497 e. The highest BCUT2D eigenvalue weighted by molar-refractivity contribution is 6.09. The minimum atomic E-state index is -0.883. The van der Waals surface area contributed by atoms with Gasteiger partial charge in [0, 0.05) is 0 Å². The number of ether oxygens (including phenoxy) is 2. The largest absolute Gasteiger partial charge is 0.497 e. The molecular weight excluding hydrogens is 414 g/mol. The van der Waals surface area contributed by atoms with Crippen molar-refractivity contribution in [2.75, 3.05) is 13.7 Å². The Morgan fingerprint density at radius 3 is 2.38 bits per heavy atom. The molecule has 0 bridgehead atoms. The second-order valence-electron chi connectivity index (χ2n) is 8.60. The van der Waals surface area contributed by atoms with Crippen molar-refractivity contribution in [3.8, 4) is 5.75 Å². The third kappa shape index (κ3) is 5.38. The lowest BCUT2D eigenvalue weighted by Crippen LogP contribution is -2.49. The van der Waals surface area contributed by atoms with Crippen LogP contribution >= 0.6 is 0 Å². The fourth-order valence-corrected chi connectivity index (χ4v) is 4.26.